The smallest absolute Gasteiger partial charge is 0.263 e. The minimum atomic E-state index is -0.349. The van der Waals surface area contributed by atoms with Crippen LogP contribution >= 0.6 is 11.5 Å². The van der Waals surface area contributed by atoms with Crippen LogP contribution in [0.1, 0.15) is 23.1 Å². The number of carbonyl (C=O) groups excluding carboxylic acids is 1. The van der Waals surface area contributed by atoms with E-state index in [-0.39, 0.29) is 5.91 Å². The van der Waals surface area contributed by atoms with E-state index in [1.165, 1.54) is 0 Å². The summed E-state index contributed by atoms with van der Waals surface area (Å²) >= 11 is 1.12. The fourth-order valence-electron chi connectivity index (χ4n) is 1.57. The van der Waals surface area contributed by atoms with E-state index in [1.54, 1.807) is 25.1 Å². The van der Waals surface area contributed by atoms with Gasteiger partial charge in [0.1, 0.15) is 17.1 Å². The standard InChI is InChI=1S/C12H14N4O2S/c1-3-18-9-6-4-5-8(13)10(9)11(17)15-12-14-7(2)16-19-12/h4-6H,3,13H2,1-2H3,(H,14,15,16,17). The lowest BCUT2D eigenvalue weighted by atomic mass is 10.1. The Balaban J connectivity index is 2.27. The first-order valence-corrected chi connectivity index (χ1v) is 6.52. The zero-order valence-corrected chi connectivity index (χ0v) is 11.5. The Morgan fingerprint density at radius 1 is 1.53 bits per heavy atom. The fraction of sp³-hybridized carbons (Fsp3) is 0.250. The Morgan fingerprint density at radius 2 is 2.32 bits per heavy atom. The number of nitrogens with one attached hydrogen (secondary N) is 1. The third kappa shape index (κ3) is 3.00. The van der Waals surface area contributed by atoms with E-state index < -0.39 is 0 Å². The van der Waals surface area contributed by atoms with E-state index in [1.807, 2.05) is 6.92 Å². The molecule has 1 aromatic carbocycles. The Bertz CT molecular complexity index is 597. The Morgan fingerprint density at radius 3 is 2.95 bits per heavy atom. The fourth-order valence-corrected chi connectivity index (χ4v) is 2.15. The summed E-state index contributed by atoms with van der Waals surface area (Å²) < 4.78 is 9.41. The second-order valence-corrected chi connectivity index (χ2v) is 4.51. The van der Waals surface area contributed by atoms with Crippen molar-refractivity contribution in [2.24, 2.45) is 0 Å². The number of aromatic nitrogens is 2. The summed E-state index contributed by atoms with van der Waals surface area (Å²) in [6.07, 6.45) is 0. The van der Waals surface area contributed by atoms with Gasteiger partial charge in [0.25, 0.3) is 5.91 Å². The largest absolute Gasteiger partial charge is 0.493 e. The third-order valence-corrected chi connectivity index (χ3v) is 3.06. The van der Waals surface area contributed by atoms with Gasteiger partial charge in [-0.2, -0.15) is 4.37 Å². The van der Waals surface area contributed by atoms with Crippen molar-refractivity contribution in [3.05, 3.63) is 29.6 Å². The number of anilines is 2. The summed E-state index contributed by atoms with van der Waals surface area (Å²) in [5.41, 5.74) is 6.52. The molecular weight excluding hydrogens is 264 g/mol. The number of nitrogens with zero attached hydrogens (tertiary/aromatic N) is 2. The molecule has 2 rings (SSSR count). The van der Waals surface area contributed by atoms with Crippen LogP contribution in [0.15, 0.2) is 18.2 Å². The van der Waals surface area contributed by atoms with Gasteiger partial charge in [0, 0.05) is 17.2 Å². The monoisotopic (exact) mass is 278 g/mol. The first kappa shape index (κ1) is 13.3. The molecule has 0 saturated carbocycles. The van der Waals surface area contributed by atoms with Gasteiger partial charge in [0.15, 0.2) is 0 Å². The highest BCUT2D eigenvalue weighted by Gasteiger charge is 2.17. The van der Waals surface area contributed by atoms with Crippen molar-refractivity contribution in [1.29, 1.82) is 0 Å². The molecule has 0 aliphatic carbocycles. The predicted octanol–water partition coefficient (Wildman–Crippen LogP) is 2.08. The van der Waals surface area contributed by atoms with Gasteiger partial charge in [-0.25, -0.2) is 4.98 Å². The van der Waals surface area contributed by atoms with Crippen LogP contribution in [0.5, 0.6) is 5.75 Å². The molecule has 0 spiro atoms. The molecule has 0 radical (unpaired) electrons. The van der Waals surface area contributed by atoms with Crippen LogP contribution in [-0.4, -0.2) is 21.9 Å². The van der Waals surface area contributed by atoms with Crippen molar-refractivity contribution in [3.63, 3.8) is 0 Å². The molecule has 0 saturated heterocycles. The van der Waals surface area contributed by atoms with Crippen molar-refractivity contribution in [3.8, 4) is 5.75 Å². The topological polar surface area (TPSA) is 90.1 Å². The Labute approximate surface area is 114 Å². The first-order valence-electron chi connectivity index (χ1n) is 5.74. The van der Waals surface area contributed by atoms with Gasteiger partial charge in [0.2, 0.25) is 5.13 Å². The molecule has 1 heterocycles. The second-order valence-electron chi connectivity index (χ2n) is 3.75. The molecule has 19 heavy (non-hydrogen) atoms. The summed E-state index contributed by atoms with van der Waals surface area (Å²) in [5.74, 6) is 0.727. The predicted molar refractivity (Wildman–Crippen MR) is 74.6 cm³/mol. The van der Waals surface area contributed by atoms with E-state index in [2.05, 4.69) is 14.7 Å². The zero-order valence-electron chi connectivity index (χ0n) is 10.6. The molecule has 2 aromatic rings. The van der Waals surface area contributed by atoms with Crippen LogP contribution in [0, 0.1) is 6.92 Å². The van der Waals surface area contributed by atoms with Gasteiger partial charge in [-0.15, -0.1) is 0 Å². The molecule has 0 aliphatic rings. The molecule has 0 unspecified atom stereocenters. The molecule has 100 valence electrons. The van der Waals surface area contributed by atoms with Crippen LogP contribution in [0.4, 0.5) is 10.8 Å². The number of ether oxygens (including phenoxy) is 1. The van der Waals surface area contributed by atoms with E-state index in [9.17, 15) is 4.79 Å². The average molecular weight is 278 g/mol. The highest BCUT2D eigenvalue weighted by atomic mass is 32.1. The molecule has 3 N–H and O–H groups in total. The molecule has 1 amide bonds. The normalized spacial score (nSPS) is 10.2. The SMILES string of the molecule is CCOc1cccc(N)c1C(=O)Nc1nc(C)ns1. The van der Waals surface area contributed by atoms with Crippen molar-refractivity contribution in [1.82, 2.24) is 9.36 Å². The number of hydrogen-bond donors (Lipinski definition) is 2. The van der Waals surface area contributed by atoms with Gasteiger partial charge >= 0.3 is 0 Å². The van der Waals surface area contributed by atoms with Crippen LogP contribution in [0.3, 0.4) is 0 Å². The van der Waals surface area contributed by atoms with Crippen LogP contribution in [-0.2, 0) is 0 Å². The molecular formula is C12H14N4O2S. The maximum absolute atomic E-state index is 12.2. The van der Waals surface area contributed by atoms with Gasteiger partial charge < -0.3 is 10.5 Å². The minimum Gasteiger partial charge on any atom is -0.493 e. The second kappa shape index (κ2) is 5.66. The molecule has 0 fully saturated rings. The summed E-state index contributed by atoms with van der Waals surface area (Å²) in [5, 5.41) is 3.10. The Kier molecular flexibility index (Phi) is 3.96. The maximum Gasteiger partial charge on any atom is 0.263 e. The van der Waals surface area contributed by atoms with E-state index in [4.69, 9.17) is 10.5 Å². The number of benzene rings is 1. The molecule has 0 aliphatic heterocycles. The molecule has 1 aromatic heterocycles. The van der Waals surface area contributed by atoms with Crippen LogP contribution in [0.2, 0.25) is 0 Å². The van der Waals surface area contributed by atoms with Gasteiger partial charge in [-0.1, -0.05) is 6.07 Å². The van der Waals surface area contributed by atoms with E-state index in [0.717, 1.165) is 11.5 Å². The first-order chi connectivity index (χ1) is 9.11. The number of carbonyl (C=O) groups is 1. The van der Waals surface area contributed by atoms with Crippen LogP contribution in [0.25, 0.3) is 0 Å². The van der Waals surface area contributed by atoms with E-state index in [0.29, 0.717) is 34.6 Å². The van der Waals surface area contributed by atoms with Gasteiger partial charge in [0.05, 0.1) is 6.61 Å². The number of hydrogen-bond acceptors (Lipinski definition) is 6. The maximum atomic E-state index is 12.2. The number of nitrogen functional groups attached to an aromatic ring is 1. The highest BCUT2D eigenvalue weighted by Crippen LogP contribution is 2.25. The van der Waals surface area contributed by atoms with Gasteiger partial charge in [-0.05, 0) is 26.0 Å². The summed E-state index contributed by atoms with van der Waals surface area (Å²) in [4.78, 5) is 16.3. The summed E-state index contributed by atoms with van der Waals surface area (Å²) in [6.45, 7) is 4.06. The van der Waals surface area contributed by atoms with Crippen molar-refractivity contribution in [2.75, 3.05) is 17.7 Å². The minimum absolute atomic E-state index is 0.317. The summed E-state index contributed by atoms with van der Waals surface area (Å²) in [6, 6.07) is 5.11. The van der Waals surface area contributed by atoms with Crippen molar-refractivity contribution in [2.45, 2.75) is 13.8 Å². The van der Waals surface area contributed by atoms with Gasteiger partial charge in [-0.3, -0.25) is 10.1 Å². The third-order valence-electron chi connectivity index (χ3n) is 2.33. The molecule has 6 nitrogen and oxygen atoms in total. The highest BCUT2D eigenvalue weighted by molar-refractivity contribution is 7.09. The average Bonchev–Trinajstić information content (AvgIpc) is 2.75. The Hall–Kier alpha value is -2.15. The van der Waals surface area contributed by atoms with Crippen molar-refractivity contribution >= 4 is 28.3 Å². The van der Waals surface area contributed by atoms with Crippen molar-refractivity contribution < 1.29 is 9.53 Å². The zero-order chi connectivity index (χ0) is 13.8. The number of nitrogens with two attached hydrogens (primary N) is 1. The number of aryl methyl sites for hydroxylation is 1. The summed E-state index contributed by atoms with van der Waals surface area (Å²) in [7, 11) is 0. The lowest BCUT2D eigenvalue weighted by Crippen LogP contribution is -2.15. The van der Waals surface area contributed by atoms with E-state index >= 15 is 0 Å². The lowest BCUT2D eigenvalue weighted by Gasteiger charge is -2.11. The number of rotatable bonds is 4. The molecule has 0 bridgehead atoms. The number of amides is 1. The lowest BCUT2D eigenvalue weighted by molar-refractivity contribution is 0.102. The van der Waals surface area contributed by atoms with Crippen LogP contribution < -0.4 is 15.8 Å². The quantitative estimate of drug-likeness (QED) is 0.836. The molecule has 0 atom stereocenters. The molecule has 7 heteroatoms.